The van der Waals surface area contributed by atoms with Crippen molar-refractivity contribution in [3.05, 3.63) is 58.5 Å². The van der Waals surface area contributed by atoms with Crippen molar-refractivity contribution in [3.8, 4) is 0 Å². The van der Waals surface area contributed by atoms with Gasteiger partial charge in [-0.05, 0) is 61.1 Å². The van der Waals surface area contributed by atoms with Gasteiger partial charge in [0.25, 0.3) is 5.91 Å². The van der Waals surface area contributed by atoms with Crippen LogP contribution in [0.15, 0.2) is 40.8 Å². The van der Waals surface area contributed by atoms with Crippen LogP contribution in [-0.4, -0.2) is 45.4 Å². The number of nitrogens with zero attached hydrogens (tertiary/aromatic N) is 1. The molecule has 31 heavy (non-hydrogen) atoms. The Labute approximate surface area is 189 Å². The largest absolute Gasteiger partial charge is 0.455 e. The van der Waals surface area contributed by atoms with E-state index in [0.29, 0.717) is 17.1 Å². The number of furan rings is 1. The molecule has 2 aromatic rings. The molecule has 1 fully saturated rings. The van der Waals surface area contributed by atoms with Crippen molar-refractivity contribution in [1.29, 1.82) is 0 Å². The van der Waals surface area contributed by atoms with E-state index in [1.165, 1.54) is 12.5 Å². The predicted octanol–water partition coefficient (Wildman–Crippen LogP) is 4.15. The van der Waals surface area contributed by atoms with Crippen molar-refractivity contribution in [3.63, 3.8) is 0 Å². The minimum Gasteiger partial charge on any atom is -0.455 e. The number of nitrogens with one attached hydrogen (secondary N) is 1. The Kier molecular flexibility index (Phi) is 8.19. The normalized spacial score (nSPS) is 20.0. The van der Waals surface area contributed by atoms with Gasteiger partial charge in [-0.25, -0.2) is 8.42 Å². The van der Waals surface area contributed by atoms with Gasteiger partial charge < -0.3 is 14.6 Å². The van der Waals surface area contributed by atoms with Gasteiger partial charge in [0.15, 0.2) is 15.6 Å². The standard InChI is InChI=1S/C23H31ClN2O4S/c1-17-11-18(2)14-26(13-17)10-4-9-25-23(27)22-8-7-21(30-22)16-31(28,29)15-19-5-3-6-20(24)12-19/h3,5-8,12,17-18H,4,9-11,13-16H2,1-2H3,(H,25,27)/t17-,18-/m1/s1. The first kappa shape index (κ1) is 23.8. The Bertz CT molecular complexity index is 979. The lowest BCUT2D eigenvalue weighted by atomic mass is 9.92. The highest BCUT2D eigenvalue weighted by Gasteiger charge is 2.21. The lowest BCUT2D eigenvalue weighted by Gasteiger charge is -2.34. The fourth-order valence-electron chi connectivity index (χ4n) is 4.29. The number of carbonyl (C=O) groups excluding carboxylic acids is 1. The fraction of sp³-hybridized carbons (Fsp3) is 0.522. The van der Waals surface area contributed by atoms with Gasteiger partial charge in [0.2, 0.25) is 0 Å². The zero-order valence-corrected chi connectivity index (χ0v) is 19.7. The third-order valence-corrected chi connectivity index (χ3v) is 7.14. The zero-order chi connectivity index (χ0) is 22.4. The summed E-state index contributed by atoms with van der Waals surface area (Å²) in [5, 5.41) is 3.35. The van der Waals surface area contributed by atoms with Crippen LogP contribution in [-0.2, 0) is 21.3 Å². The van der Waals surface area contributed by atoms with E-state index in [1.807, 2.05) is 0 Å². The minimum absolute atomic E-state index is 0.133. The Morgan fingerprint density at radius 3 is 2.61 bits per heavy atom. The summed E-state index contributed by atoms with van der Waals surface area (Å²) in [5.41, 5.74) is 0.620. The number of rotatable bonds is 9. The highest BCUT2D eigenvalue weighted by atomic mass is 35.5. The molecule has 170 valence electrons. The maximum atomic E-state index is 12.5. The van der Waals surface area contributed by atoms with Crippen LogP contribution in [0, 0.1) is 11.8 Å². The molecule has 1 amide bonds. The highest BCUT2D eigenvalue weighted by molar-refractivity contribution is 7.89. The van der Waals surface area contributed by atoms with E-state index in [1.54, 1.807) is 30.3 Å². The molecule has 1 saturated heterocycles. The SMILES string of the molecule is C[C@@H]1C[C@@H](C)CN(CCCNC(=O)c2ccc(CS(=O)(=O)Cc3cccc(Cl)c3)o2)C1. The molecule has 2 heterocycles. The van der Waals surface area contributed by atoms with Crippen LogP contribution in [0.2, 0.25) is 5.02 Å². The molecule has 0 aliphatic carbocycles. The van der Waals surface area contributed by atoms with Crippen LogP contribution in [0.1, 0.15) is 48.6 Å². The van der Waals surface area contributed by atoms with E-state index < -0.39 is 9.84 Å². The first-order chi connectivity index (χ1) is 14.7. The predicted molar refractivity (Wildman–Crippen MR) is 123 cm³/mol. The summed E-state index contributed by atoms with van der Waals surface area (Å²) in [5.74, 6) is 1.10. The summed E-state index contributed by atoms with van der Waals surface area (Å²) >= 11 is 5.92. The molecular weight excluding hydrogens is 436 g/mol. The molecule has 6 nitrogen and oxygen atoms in total. The highest BCUT2D eigenvalue weighted by Crippen LogP contribution is 2.21. The lowest BCUT2D eigenvalue weighted by Crippen LogP contribution is -2.40. The summed E-state index contributed by atoms with van der Waals surface area (Å²) in [6.07, 6.45) is 2.15. The van der Waals surface area contributed by atoms with Crippen molar-refractivity contribution < 1.29 is 17.6 Å². The maximum Gasteiger partial charge on any atom is 0.286 e. The van der Waals surface area contributed by atoms with E-state index in [9.17, 15) is 13.2 Å². The van der Waals surface area contributed by atoms with Gasteiger partial charge in [0.05, 0.1) is 5.75 Å². The molecule has 0 radical (unpaired) electrons. The molecule has 1 aromatic carbocycles. The van der Waals surface area contributed by atoms with Crippen molar-refractivity contribution >= 4 is 27.3 Å². The van der Waals surface area contributed by atoms with E-state index in [4.69, 9.17) is 16.0 Å². The quantitative estimate of drug-likeness (QED) is 0.561. The second-order valence-electron chi connectivity index (χ2n) is 8.74. The monoisotopic (exact) mass is 466 g/mol. The van der Waals surface area contributed by atoms with Crippen LogP contribution < -0.4 is 5.32 Å². The average molecular weight is 467 g/mol. The van der Waals surface area contributed by atoms with E-state index in [-0.39, 0.29) is 28.9 Å². The Balaban J connectivity index is 1.44. The summed E-state index contributed by atoms with van der Waals surface area (Å²) in [7, 11) is -3.45. The summed E-state index contributed by atoms with van der Waals surface area (Å²) < 4.78 is 30.4. The van der Waals surface area contributed by atoms with Crippen molar-refractivity contribution in [2.75, 3.05) is 26.2 Å². The fourth-order valence-corrected chi connectivity index (χ4v) is 5.88. The molecule has 3 rings (SSSR count). The second kappa shape index (κ2) is 10.7. The van der Waals surface area contributed by atoms with Gasteiger partial charge >= 0.3 is 0 Å². The van der Waals surface area contributed by atoms with Gasteiger partial charge in [-0.15, -0.1) is 0 Å². The summed E-state index contributed by atoms with van der Waals surface area (Å²) in [6.45, 7) is 8.32. The third-order valence-electron chi connectivity index (χ3n) is 5.40. The summed E-state index contributed by atoms with van der Waals surface area (Å²) in [6, 6.07) is 9.83. The first-order valence-electron chi connectivity index (χ1n) is 10.7. The first-order valence-corrected chi connectivity index (χ1v) is 12.9. The number of carbonyl (C=O) groups is 1. The average Bonchev–Trinajstić information content (AvgIpc) is 3.11. The van der Waals surface area contributed by atoms with E-state index in [0.717, 1.165) is 37.9 Å². The number of amides is 1. The number of halogens is 1. The van der Waals surface area contributed by atoms with Crippen molar-refractivity contribution in [1.82, 2.24) is 10.2 Å². The molecule has 1 N–H and O–H groups in total. The maximum absolute atomic E-state index is 12.5. The molecule has 0 unspecified atom stereocenters. The number of sulfone groups is 1. The van der Waals surface area contributed by atoms with Crippen LogP contribution in [0.5, 0.6) is 0 Å². The van der Waals surface area contributed by atoms with E-state index >= 15 is 0 Å². The summed E-state index contributed by atoms with van der Waals surface area (Å²) in [4.78, 5) is 14.8. The van der Waals surface area contributed by atoms with Gasteiger partial charge in [-0.2, -0.15) is 0 Å². The molecule has 1 aliphatic heterocycles. The van der Waals surface area contributed by atoms with Crippen molar-refractivity contribution in [2.24, 2.45) is 11.8 Å². The number of likely N-dealkylation sites (tertiary alicyclic amines) is 1. The number of hydrogen-bond acceptors (Lipinski definition) is 5. The Morgan fingerprint density at radius 1 is 1.16 bits per heavy atom. The topological polar surface area (TPSA) is 79.6 Å². The molecular formula is C23H31ClN2O4S. The molecule has 0 spiro atoms. The lowest BCUT2D eigenvalue weighted by molar-refractivity contribution is 0.0918. The molecule has 0 bridgehead atoms. The molecule has 2 atom stereocenters. The van der Waals surface area contributed by atoms with Crippen LogP contribution >= 0.6 is 11.6 Å². The van der Waals surface area contributed by atoms with Crippen LogP contribution in [0.4, 0.5) is 0 Å². The van der Waals surface area contributed by atoms with E-state index in [2.05, 4.69) is 24.1 Å². The minimum atomic E-state index is -3.45. The zero-order valence-electron chi connectivity index (χ0n) is 18.1. The smallest absolute Gasteiger partial charge is 0.286 e. The molecule has 1 aliphatic rings. The number of piperidine rings is 1. The van der Waals surface area contributed by atoms with Gasteiger partial charge in [-0.1, -0.05) is 37.6 Å². The van der Waals surface area contributed by atoms with Crippen LogP contribution in [0.25, 0.3) is 0 Å². The van der Waals surface area contributed by atoms with Crippen molar-refractivity contribution in [2.45, 2.75) is 38.2 Å². The second-order valence-corrected chi connectivity index (χ2v) is 11.2. The molecule has 8 heteroatoms. The number of hydrogen-bond donors (Lipinski definition) is 1. The third kappa shape index (κ3) is 7.66. The Hall–Kier alpha value is -1.83. The molecule has 0 saturated carbocycles. The Morgan fingerprint density at radius 2 is 1.90 bits per heavy atom. The van der Waals surface area contributed by atoms with Gasteiger partial charge in [-0.3, -0.25) is 4.79 Å². The van der Waals surface area contributed by atoms with Gasteiger partial charge in [0.1, 0.15) is 11.5 Å². The van der Waals surface area contributed by atoms with Gasteiger partial charge in [0, 0.05) is 24.7 Å². The number of benzene rings is 1. The molecule has 1 aromatic heterocycles. The van der Waals surface area contributed by atoms with Crippen LogP contribution in [0.3, 0.4) is 0 Å².